The molecule has 0 radical (unpaired) electrons. The lowest BCUT2D eigenvalue weighted by molar-refractivity contribution is 0.0949. The zero-order chi connectivity index (χ0) is 15.2. The molecular formula is C15H17N5O2. The topological polar surface area (TPSA) is 80.2 Å². The molecule has 1 amide bonds. The largest absolute Gasteiger partial charge is 0.378 e. The molecule has 1 aliphatic rings. The van der Waals surface area contributed by atoms with Gasteiger partial charge in [-0.1, -0.05) is 0 Å². The van der Waals surface area contributed by atoms with E-state index in [0.29, 0.717) is 31.1 Å². The number of amides is 1. The van der Waals surface area contributed by atoms with E-state index in [1.807, 2.05) is 6.07 Å². The van der Waals surface area contributed by atoms with Gasteiger partial charge >= 0.3 is 0 Å². The van der Waals surface area contributed by atoms with Crippen molar-refractivity contribution in [3.05, 3.63) is 48.2 Å². The first-order valence-electron chi connectivity index (χ1n) is 7.16. The summed E-state index contributed by atoms with van der Waals surface area (Å²) in [4.78, 5) is 26.7. The number of carbonyl (C=O) groups is 1. The van der Waals surface area contributed by atoms with E-state index in [2.05, 4.69) is 25.2 Å². The van der Waals surface area contributed by atoms with E-state index in [9.17, 15) is 4.79 Å². The van der Waals surface area contributed by atoms with Crippen LogP contribution in [0.3, 0.4) is 0 Å². The van der Waals surface area contributed by atoms with Crippen LogP contribution < -0.4 is 10.2 Å². The number of ether oxygens (including phenoxy) is 1. The van der Waals surface area contributed by atoms with E-state index < -0.39 is 0 Å². The third kappa shape index (κ3) is 3.56. The van der Waals surface area contributed by atoms with Gasteiger partial charge in [0.25, 0.3) is 5.91 Å². The van der Waals surface area contributed by atoms with E-state index in [0.717, 1.165) is 18.9 Å². The summed E-state index contributed by atoms with van der Waals surface area (Å²) in [5.74, 6) is 1.29. The number of hydrogen-bond donors (Lipinski definition) is 1. The van der Waals surface area contributed by atoms with Crippen LogP contribution in [0.15, 0.2) is 36.8 Å². The molecule has 0 atom stereocenters. The van der Waals surface area contributed by atoms with E-state index in [1.165, 1.54) is 0 Å². The summed E-state index contributed by atoms with van der Waals surface area (Å²) < 4.78 is 5.33. The molecule has 3 heterocycles. The summed E-state index contributed by atoms with van der Waals surface area (Å²) in [5.41, 5.74) is 0.569. The average Bonchev–Trinajstić information content (AvgIpc) is 2.61. The Morgan fingerprint density at radius 3 is 2.73 bits per heavy atom. The van der Waals surface area contributed by atoms with Crippen LogP contribution in [0.2, 0.25) is 0 Å². The van der Waals surface area contributed by atoms with Crippen LogP contribution in [0.1, 0.15) is 16.2 Å². The van der Waals surface area contributed by atoms with E-state index in [1.54, 1.807) is 30.7 Å². The summed E-state index contributed by atoms with van der Waals surface area (Å²) in [6.45, 7) is 3.34. The first kappa shape index (κ1) is 14.4. The number of aromatic nitrogens is 3. The highest BCUT2D eigenvalue weighted by molar-refractivity contribution is 5.93. The number of carbonyl (C=O) groups excluding carboxylic acids is 1. The molecule has 1 saturated heterocycles. The Labute approximate surface area is 128 Å². The van der Waals surface area contributed by atoms with Crippen LogP contribution in [0.25, 0.3) is 0 Å². The molecule has 7 heteroatoms. The van der Waals surface area contributed by atoms with Gasteiger partial charge in [0.15, 0.2) is 0 Å². The quantitative estimate of drug-likeness (QED) is 0.892. The third-order valence-electron chi connectivity index (χ3n) is 3.38. The molecule has 1 aliphatic heterocycles. The summed E-state index contributed by atoms with van der Waals surface area (Å²) in [6.07, 6.45) is 4.89. The molecule has 0 aromatic carbocycles. The Bertz CT molecular complexity index is 629. The Hall–Kier alpha value is -2.54. The second-order valence-corrected chi connectivity index (χ2v) is 4.85. The van der Waals surface area contributed by atoms with Gasteiger partial charge in [0.05, 0.1) is 19.8 Å². The molecule has 2 aromatic rings. The maximum Gasteiger partial charge on any atom is 0.251 e. The first-order chi connectivity index (χ1) is 10.8. The van der Waals surface area contributed by atoms with Crippen molar-refractivity contribution in [2.75, 3.05) is 31.2 Å². The van der Waals surface area contributed by atoms with E-state index in [4.69, 9.17) is 4.74 Å². The molecule has 114 valence electrons. The minimum absolute atomic E-state index is 0.164. The maximum atomic E-state index is 12.0. The molecule has 0 spiro atoms. The van der Waals surface area contributed by atoms with Gasteiger partial charge in [0.1, 0.15) is 11.6 Å². The fourth-order valence-electron chi connectivity index (χ4n) is 2.21. The number of hydrogen-bond acceptors (Lipinski definition) is 6. The van der Waals surface area contributed by atoms with Crippen molar-refractivity contribution in [1.29, 1.82) is 0 Å². The highest BCUT2D eigenvalue weighted by Gasteiger charge is 2.13. The number of nitrogens with one attached hydrogen (secondary N) is 1. The zero-order valence-corrected chi connectivity index (χ0v) is 12.1. The van der Waals surface area contributed by atoms with Gasteiger partial charge in [-0.05, 0) is 18.2 Å². The molecular weight excluding hydrogens is 282 g/mol. The molecule has 3 rings (SSSR count). The minimum atomic E-state index is -0.164. The molecule has 0 saturated carbocycles. The molecule has 22 heavy (non-hydrogen) atoms. The van der Waals surface area contributed by atoms with Crippen molar-refractivity contribution in [3.8, 4) is 0 Å². The standard InChI is InChI=1S/C15H17N5O2/c21-15(12-1-4-16-5-2-12)18-11-13-17-6-3-14(19-13)20-7-9-22-10-8-20/h1-6H,7-11H2,(H,18,21). The van der Waals surface area contributed by atoms with Crippen LogP contribution in [-0.4, -0.2) is 47.2 Å². The van der Waals surface area contributed by atoms with Gasteiger partial charge in [-0.15, -0.1) is 0 Å². The average molecular weight is 299 g/mol. The first-order valence-corrected chi connectivity index (χ1v) is 7.16. The summed E-state index contributed by atoms with van der Waals surface area (Å²) in [5, 5.41) is 2.81. The van der Waals surface area contributed by atoms with Crippen LogP contribution in [0.5, 0.6) is 0 Å². The fraction of sp³-hybridized carbons (Fsp3) is 0.333. The van der Waals surface area contributed by atoms with Crippen molar-refractivity contribution in [1.82, 2.24) is 20.3 Å². The van der Waals surface area contributed by atoms with Gasteiger partial charge in [0.2, 0.25) is 0 Å². The Morgan fingerprint density at radius 1 is 1.18 bits per heavy atom. The third-order valence-corrected chi connectivity index (χ3v) is 3.38. The summed E-state index contributed by atoms with van der Waals surface area (Å²) in [6, 6.07) is 5.21. The second kappa shape index (κ2) is 6.95. The predicted molar refractivity (Wildman–Crippen MR) is 80.5 cm³/mol. The number of morpholine rings is 1. The smallest absolute Gasteiger partial charge is 0.251 e. The lowest BCUT2D eigenvalue weighted by Crippen LogP contribution is -2.37. The Balaban J connectivity index is 1.62. The molecule has 0 aliphatic carbocycles. The van der Waals surface area contributed by atoms with Gasteiger partial charge in [-0.25, -0.2) is 9.97 Å². The van der Waals surface area contributed by atoms with Crippen LogP contribution in [0.4, 0.5) is 5.82 Å². The molecule has 7 nitrogen and oxygen atoms in total. The van der Waals surface area contributed by atoms with Crippen molar-refractivity contribution < 1.29 is 9.53 Å². The van der Waals surface area contributed by atoms with Gasteiger partial charge in [-0.3, -0.25) is 9.78 Å². The molecule has 0 unspecified atom stereocenters. The van der Waals surface area contributed by atoms with Crippen molar-refractivity contribution in [2.45, 2.75) is 6.54 Å². The van der Waals surface area contributed by atoms with E-state index >= 15 is 0 Å². The number of anilines is 1. The molecule has 1 N–H and O–H groups in total. The predicted octanol–water partition coefficient (Wildman–Crippen LogP) is 0.638. The number of pyridine rings is 1. The van der Waals surface area contributed by atoms with Crippen LogP contribution in [-0.2, 0) is 11.3 Å². The van der Waals surface area contributed by atoms with E-state index in [-0.39, 0.29) is 5.91 Å². The van der Waals surface area contributed by atoms with Crippen molar-refractivity contribution >= 4 is 11.7 Å². The van der Waals surface area contributed by atoms with Gasteiger partial charge in [0, 0.05) is 37.2 Å². The normalized spacial score (nSPS) is 14.6. The van der Waals surface area contributed by atoms with Crippen LogP contribution >= 0.6 is 0 Å². The second-order valence-electron chi connectivity index (χ2n) is 4.85. The molecule has 0 bridgehead atoms. The summed E-state index contributed by atoms with van der Waals surface area (Å²) >= 11 is 0. The molecule has 1 fully saturated rings. The van der Waals surface area contributed by atoms with Gasteiger partial charge in [-0.2, -0.15) is 0 Å². The van der Waals surface area contributed by atoms with Crippen molar-refractivity contribution in [3.63, 3.8) is 0 Å². The number of rotatable bonds is 4. The summed E-state index contributed by atoms with van der Waals surface area (Å²) in [7, 11) is 0. The number of nitrogens with zero attached hydrogens (tertiary/aromatic N) is 4. The lowest BCUT2D eigenvalue weighted by Gasteiger charge is -2.27. The van der Waals surface area contributed by atoms with Gasteiger partial charge < -0.3 is 15.0 Å². The zero-order valence-electron chi connectivity index (χ0n) is 12.1. The molecule has 2 aromatic heterocycles. The highest BCUT2D eigenvalue weighted by Crippen LogP contribution is 2.11. The monoisotopic (exact) mass is 299 g/mol. The van der Waals surface area contributed by atoms with Crippen molar-refractivity contribution in [2.24, 2.45) is 0 Å². The maximum absolute atomic E-state index is 12.0. The van der Waals surface area contributed by atoms with Crippen LogP contribution in [0, 0.1) is 0 Å². The minimum Gasteiger partial charge on any atom is -0.378 e. The SMILES string of the molecule is O=C(NCc1nccc(N2CCOCC2)n1)c1ccncc1. The lowest BCUT2D eigenvalue weighted by atomic mass is 10.2. The highest BCUT2D eigenvalue weighted by atomic mass is 16.5. The Kier molecular flexibility index (Phi) is 4.55. The Morgan fingerprint density at radius 2 is 1.95 bits per heavy atom. The fourth-order valence-corrected chi connectivity index (χ4v) is 2.21.